The van der Waals surface area contributed by atoms with E-state index in [4.69, 9.17) is 4.74 Å². The Morgan fingerprint density at radius 3 is 2.56 bits per heavy atom. The van der Waals surface area contributed by atoms with Gasteiger partial charge in [-0.1, -0.05) is 6.07 Å². The lowest BCUT2D eigenvalue weighted by atomic mass is 9.86. The first kappa shape index (κ1) is 26.0. The van der Waals surface area contributed by atoms with Crippen LogP contribution in [0, 0.1) is 6.92 Å². The zero-order valence-corrected chi connectivity index (χ0v) is 22.3. The number of anilines is 2. The van der Waals surface area contributed by atoms with Crippen LogP contribution in [-0.2, 0) is 14.6 Å². The van der Waals surface area contributed by atoms with Gasteiger partial charge in [-0.2, -0.15) is 0 Å². The molecule has 3 N–H and O–H groups in total. The molecule has 194 valence electrons. The molecule has 1 fully saturated rings. The Morgan fingerprint density at radius 1 is 1.22 bits per heavy atom. The van der Waals surface area contributed by atoms with Crippen LogP contribution in [0.25, 0.3) is 10.4 Å². The first-order valence-electron chi connectivity index (χ1n) is 11.8. The predicted molar refractivity (Wildman–Crippen MR) is 138 cm³/mol. The number of ether oxygens (including phenoxy) is 1. The minimum absolute atomic E-state index is 0.0878. The number of carbonyl (C=O) groups excluding carboxylic acids is 1. The Labute approximate surface area is 214 Å². The molecule has 0 saturated heterocycles. The van der Waals surface area contributed by atoms with E-state index in [-0.39, 0.29) is 29.1 Å². The molecule has 1 saturated carbocycles. The molecule has 1 aliphatic rings. The molecule has 3 aromatic rings. The van der Waals surface area contributed by atoms with Crippen LogP contribution in [0.2, 0.25) is 0 Å². The zero-order valence-electron chi connectivity index (χ0n) is 20.7. The van der Waals surface area contributed by atoms with E-state index < -0.39 is 9.84 Å². The number of carbonyl (C=O) groups is 1. The molecule has 1 amide bonds. The van der Waals surface area contributed by atoms with Gasteiger partial charge in [-0.05, 0) is 58.6 Å². The standard InChI is InChI=1S/C24H31N5O5S2/c1-14(2)34-24(30)27-17-7-5-16(6-8-17)23-25-13-20(35-23)19-10-9-18(12-21(19)36(4,32)33)26-22-11-15(3)29(31)28-22/h9-14,16-17,31H,5-8H2,1-4H3,(H,26,28)(H,27,30)/t16-,17-. The molecule has 0 radical (unpaired) electrons. The Hall–Kier alpha value is -3.12. The van der Waals surface area contributed by atoms with Crippen molar-refractivity contribution in [3.63, 3.8) is 0 Å². The average molecular weight is 534 g/mol. The molecule has 0 spiro atoms. The molecule has 0 bridgehead atoms. The number of amides is 1. The van der Waals surface area contributed by atoms with Crippen LogP contribution < -0.4 is 10.6 Å². The van der Waals surface area contributed by atoms with Crippen molar-refractivity contribution in [2.45, 2.75) is 69.4 Å². The second-order valence-corrected chi connectivity index (χ2v) is 12.4. The number of alkyl carbamates (subject to hydrolysis) is 1. The second-order valence-electron chi connectivity index (χ2n) is 9.38. The van der Waals surface area contributed by atoms with Crippen molar-refractivity contribution >= 4 is 38.8 Å². The van der Waals surface area contributed by atoms with E-state index >= 15 is 0 Å². The summed E-state index contributed by atoms with van der Waals surface area (Å²) in [4.78, 5) is 18.2. The van der Waals surface area contributed by atoms with E-state index in [1.165, 1.54) is 17.6 Å². The fraction of sp³-hybridized carbons (Fsp3) is 0.458. The van der Waals surface area contributed by atoms with Gasteiger partial charge in [0.2, 0.25) is 0 Å². The van der Waals surface area contributed by atoms with Crippen molar-refractivity contribution in [1.82, 2.24) is 20.2 Å². The number of sulfone groups is 1. The predicted octanol–water partition coefficient (Wildman–Crippen LogP) is 4.86. The lowest BCUT2D eigenvalue weighted by Gasteiger charge is -2.28. The molecule has 12 heteroatoms. The average Bonchev–Trinajstić information content (AvgIpc) is 3.40. The van der Waals surface area contributed by atoms with Crippen molar-refractivity contribution in [3.05, 3.63) is 41.2 Å². The summed E-state index contributed by atoms with van der Waals surface area (Å²) in [7, 11) is -3.53. The van der Waals surface area contributed by atoms with Gasteiger partial charge >= 0.3 is 6.09 Å². The van der Waals surface area contributed by atoms with E-state index in [2.05, 4.69) is 20.7 Å². The zero-order chi connectivity index (χ0) is 26.0. The van der Waals surface area contributed by atoms with Crippen LogP contribution in [0.5, 0.6) is 0 Å². The maximum absolute atomic E-state index is 12.6. The molecule has 0 aliphatic heterocycles. The summed E-state index contributed by atoms with van der Waals surface area (Å²) >= 11 is 1.50. The highest BCUT2D eigenvalue weighted by atomic mass is 32.2. The van der Waals surface area contributed by atoms with Gasteiger partial charge in [0.25, 0.3) is 0 Å². The molecule has 1 aliphatic carbocycles. The Bertz CT molecular complexity index is 1320. The SMILES string of the molecule is Cc1cc(Nc2ccc(-c3cnc([C@H]4CC[C@H](NC(=O)OC(C)C)CC4)s3)c(S(C)(=O)=O)c2)nn1O. The third-order valence-corrected chi connectivity index (χ3v) is 8.38. The Morgan fingerprint density at radius 2 is 1.94 bits per heavy atom. The summed E-state index contributed by atoms with van der Waals surface area (Å²) in [6.45, 7) is 5.35. The molecular formula is C24H31N5O5S2. The molecular weight excluding hydrogens is 502 g/mol. The van der Waals surface area contributed by atoms with Gasteiger partial charge in [0.15, 0.2) is 15.7 Å². The topological polar surface area (TPSA) is 135 Å². The monoisotopic (exact) mass is 533 g/mol. The van der Waals surface area contributed by atoms with E-state index in [0.29, 0.717) is 22.8 Å². The summed E-state index contributed by atoms with van der Waals surface area (Å²) in [5, 5.41) is 20.5. The number of hydrogen-bond acceptors (Lipinski definition) is 9. The molecule has 0 atom stereocenters. The number of hydrogen-bond donors (Lipinski definition) is 3. The third kappa shape index (κ3) is 6.16. The maximum atomic E-state index is 12.6. The number of nitrogens with zero attached hydrogens (tertiary/aromatic N) is 3. The number of benzene rings is 1. The van der Waals surface area contributed by atoms with Crippen molar-refractivity contribution in [2.75, 3.05) is 11.6 Å². The summed E-state index contributed by atoms with van der Waals surface area (Å²) in [5.41, 5.74) is 1.70. The Balaban J connectivity index is 1.48. The third-order valence-electron chi connectivity index (χ3n) is 6.05. The van der Waals surface area contributed by atoms with Gasteiger partial charge in [-0.3, -0.25) is 0 Å². The number of thiazole rings is 1. The first-order valence-corrected chi connectivity index (χ1v) is 14.5. The van der Waals surface area contributed by atoms with Gasteiger partial charge in [-0.15, -0.1) is 21.3 Å². The van der Waals surface area contributed by atoms with Crippen LogP contribution in [-0.4, -0.2) is 53.0 Å². The quantitative estimate of drug-likeness (QED) is 0.367. The van der Waals surface area contributed by atoms with Gasteiger partial charge in [-0.25, -0.2) is 18.2 Å². The van der Waals surface area contributed by atoms with E-state index in [9.17, 15) is 18.4 Å². The summed E-state index contributed by atoms with van der Waals surface area (Å²) < 4.78 is 30.5. The second kappa shape index (κ2) is 10.5. The normalized spacial score (nSPS) is 18.2. The Kier molecular flexibility index (Phi) is 7.55. The minimum Gasteiger partial charge on any atom is -0.447 e. The number of nitrogens with one attached hydrogen (secondary N) is 2. The van der Waals surface area contributed by atoms with Gasteiger partial charge in [0.1, 0.15) is 0 Å². The van der Waals surface area contributed by atoms with Crippen molar-refractivity contribution in [1.29, 1.82) is 0 Å². The number of aromatic nitrogens is 3. The van der Waals surface area contributed by atoms with Gasteiger partial charge < -0.3 is 20.6 Å². The fourth-order valence-electron chi connectivity index (χ4n) is 4.29. The highest BCUT2D eigenvalue weighted by Gasteiger charge is 2.27. The summed E-state index contributed by atoms with van der Waals surface area (Å²) in [6, 6.07) is 6.86. The van der Waals surface area contributed by atoms with Crippen LogP contribution in [0.3, 0.4) is 0 Å². The van der Waals surface area contributed by atoms with Crippen LogP contribution >= 0.6 is 11.3 Å². The highest BCUT2D eigenvalue weighted by molar-refractivity contribution is 7.90. The lowest BCUT2D eigenvalue weighted by molar-refractivity contribution is 0.109. The summed E-state index contributed by atoms with van der Waals surface area (Å²) in [5.74, 6) is 0.673. The van der Waals surface area contributed by atoms with Crippen LogP contribution in [0.4, 0.5) is 16.3 Å². The van der Waals surface area contributed by atoms with Crippen molar-refractivity contribution < 1.29 is 23.2 Å². The molecule has 4 rings (SSSR count). The van der Waals surface area contributed by atoms with E-state index in [1.807, 2.05) is 13.8 Å². The van der Waals surface area contributed by atoms with Crippen LogP contribution in [0.15, 0.2) is 35.4 Å². The highest BCUT2D eigenvalue weighted by Crippen LogP contribution is 2.40. The smallest absolute Gasteiger partial charge is 0.407 e. The largest absolute Gasteiger partial charge is 0.447 e. The summed E-state index contributed by atoms with van der Waals surface area (Å²) in [6.07, 6.45) is 5.84. The van der Waals surface area contributed by atoms with Crippen LogP contribution in [0.1, 0.15) is 56.2 Å². The first-order chi connectivity index (χ1) is 17.0. The molecule has 2 aromatic heterocycles. The molecule has 36 heavy (non-hydrogen) atoms. The number of aryl methyl sites for hydroxylation is 1. The van der Waals surface area contributed by atoms with Crippen molar-refractivity contribution in [3.8, 4) is 10.4 Å². The molecule has 0 unspecified atom stereocenters. The van der Waals surface area contributed by atoms with Gasteiger partial charge in [0, 0.05) is 41.7 Å². The van der Waals surface area contributed by atoms with E-state index in [1.54, 1.807) is 37.4 Å². The molecule has 10 nitrogen and oxygen atoms in total. The molecule has 1 aromatic carbocycles. The minimum atomic E-state index is -3.53. The number of rotatable bonds is 7. The van der Waals surface area contributed by atoms with E-state index in [0.717, 1.165) is 40.4 Å². The lowest BCUT2D eigenvalue weighted by Crippen LogP contribution is -2.38. The maximum Gasteiger partial charge on any atom is 0.407 e. The van der Waals surface area contributed by atoms with Crippen molar-refractivity contribution in [2.24, 2.45) is 0 Å². The molecule has 2 heterocycles. The van der Waals surface area contributed by atoms with Gasteiger partial charge in [0.05, 0.1) is 26.6 Å². The fourth-order valence-corrected chi connectivity index (χ4v) is 6.39.